The average Bonchev–Trinajstić information content (AvgIpc) is 3.48. The lowest BCUT2D eigenvalue weighted by atomic mass is 9.94. The minimum absolute atomic E-state index is 0.0879. The van der Waals surface area contributed by atoms with E-state index in [4.69, 9.17) is 0 Å². The highest BCUT2D eigenvalue weighted by Crippen LogP contribution is 2.32. The van der Waals surface area contributed by atoms with E-state index in [1.165, 1.54) is 0 Å². The van der Waals surface area contributed by atoms with Crippen LogP contribution in [0.4, 0.5) is 5.69 Å². The summed E-state index contributed by atoms with van der Waals surface area (Å²) >= 11 is 0. The van der Waals surface area contributed by atoms with Crippen molar-refractivity contribution in [3.8, 4) is 22.5 Å². The smallest absolute Gasteiger partial charge is 0.224 e. The van der Waals surface area contributed by atoms with Gasteiger partial charge in [0.1, 0.15) is 5.69 Å². The Morgan fingerprint density at radius 1 is 1.00 bits per heavy atom. The van der Waals surface area contributed by atoms with Crippen molar-refractivity contribution in [3.63, 3.8) is 0 Å². The summed E-state index contributed by atoms with van der Waals surface area (Å²) < 4.78 is 0. The van der Waals surface area contributed by atoms with Crippen LogP contribution in [0.3, 0.4) is 0 Å². The third-order valence-electron chi connectivity index (χ3n) is 6.65. The minimum atomic E-state index is 0.0879. The van der Waals surface area contributed by atoms with Crippen molar-refractivity contribution in [2.24, 2.45) is 5.92 Å². The number of aromatic amines is 2. The van der Waals surface area contributed by atoms with Crippen LogP contribution in [-0.2, 0) is 4.79 Å². The number of hydrogen-bond donors (Lipinski definition) is 4. The highest BCUT2D eigenvalue weighted by molar-refractivity contribution is 5.98. The number of nitrogens with zero attached hydrogens (tertiary/aromatic N) is 2. The molecule has 3 aromatic heterocycles. The number of hydrogen-bond acceptors (Lipinski definition) is 4. The van der Waals surface area contributed by atoms with Crippen molar-refractivity contribution in [1.29, 1.82) is 0 Å². The molecular formula is C27H26N6O. The maximum atomic E-state index is 12.6. The van der Waals surface area contributed by atoms with Crippen LogP contribution in [0.2, 0.25) is 0 Å². The number of nitrogens with one attached hydrogen (secondary N) is 4. The van der Waals surface area contributed by atoms with Gasteiger partial charge < -0.3 is 15.6 Å². The van der Waals surface area contributed by atoms with E-state index in [1.807, 2.05) is 36.5 Å². The van der Waals surface area contributed by atoms with Crippen molar-refractivity contribution in [3.05, 3.63) is 67.0 Å². The van der Waals surface area contributed by atoms with E-state index < -0.39 is 0 Å². The predicted molar refractivity (Wildman–Crippen MR) is 135 cm³/mol. The van der Waals surface area contributed by atoms with E-state index in [1.54, 1.807) is 6.20 Å². The number of aromatic nitrogens is 4. The normalized spacial score (nSPS) is 14.6. The summed E-state index contributed by atoms with van der Waals surface area (Å²) in [5.41, 5.74) is 6.73. The number of H-pyrrole nitrogens is 2. The van der Waals surface area contributed by atoms with Crippen molar-refractivity contribution < 1.29 is 4.79 Å². The summed E-state index contributed by atoms with van der Waals surface area (Å²) in [5.74, 6) is 0.552. The molecule has 0 atom stereocenters. The topological polar surface area (TPSA) is 98.5 Å². The van der Waals surface area contributed by atoms with Crippen molar-refractivity contribution in [1.82, 2.24) is 25.5 Å². The van der Waals surface area contributed by atoms with Crippen LogP contribution >= 0.6 is 0 Å². The molecule has 1 saturated heterocycles. The van der Waals surface area contributed by atoms with Gasteiger partial charge in [-0.1, -0.05) is 18.2 Å². The zero-order valence-corrected chi connectivity index (χ0v) is 18.8. The Morgan fingerprint density at radius 2 is 1.88 bits per heavy atom. The molecule has 4 N–H and O–H groups in total. The molecule has 2 aromatic carbocycles. The Bertz CT molecular complexity index is 1440. The number of piperidine rings is 1. The van der Waals surface area contributed by atoms with Gasteiger partial charge in [-0.15, -0.1) is 0 Å². The van der Waals surface area contributed by atoms with Gasteiger partial charge in [0.05, 0.1) is 22.9 Å². The number of fused-ring (bicyclic) bond motifs is 2. The number of rotatable bonds is 5. The Balaban J connectivity index is 1.27. The number of benzene rings is 2. The molecule has 7 nitrogen and oxygen atoms in total. The second kappa shape index (κ2) is 8.76. The SMILES string of the molecule is O=C(CC1CCNCC1)Nc1cccc(-c2ccc3[nH]nc(-c4cc5ccncc5[nH]4)c3c2)c1. The molecule has 0 unspecified atom stereocenters. The molecule has 0 spiro atoms. The zero-order valence-electron chi connectivity index (χ0n) is 18.8. The second-order valence-electron chi connectivity index (χ2n) is 9.00. The van der Waals surface area contributed by atoms with Crippen molar-refractivity contribution in [2.45, 2.75) is 19.3 Å². The molecule has 34 heavy (non-hydrogen) atoms. The van der Waals surface area contributed by atoms with Crippen LogP contribution in [0.15, 0.2) is 67.0 Å². The van der Waals surface area contributed by atoms with Crippen molar-refractivity contribution >= 4 is 33.4 Å². The number of amides is 1. The molecule has 0 saturated carbocycles. The van der Waals surface area contributed by atoms with E-state index in [0.717, 1.165) is 75.9 Å². The molecule has 1 amide bonds. The standard InChI is InChI=1S/C27H26N6O/c34-26(12-17-6-9-28-10-7-17)30-21-3-1-2-18(13-21)19-4-5-23-22(14-19)27(33-32-23)24-15-20-8-11-29-16-25(20)31-24/h1-5,8,11,13-17,28,31H,6-7,9-10,12H2,(H,30,34)(H,32,33). The van der Waals surface area contributed by atoms with E-state index in [0.29, 0.717) is 12.3 Å². The largest absolute Gasteiger partial charge is 0.352 e. The zero-order chi connectivity index (χ0) is 22.9. The van der Waals surface area contributed by atoms with Gasteiger partial charge in [-0.05, 0) is 79.4 Å². The Morgan fingerprint density at radius 3 is 2.76 bits per heavy atom. The lowest BCUT2D eigenvalue weighted by Crippen LogP contribution is -2.30. The summed E-state index contributed by atoms with van der Waals surface area (Å²) in [5, 5.41) is 16.3. The Kier molecular flexibility index (Phi) is 5.31. The lowest BCUT2D eigenvalue weighted by Gasteiger charge is -2.22. The fourth-order valence-corrected chi connectivity index (χ4v) is 4.84. The summed E-state index contributed by atoms with van der Waals surface area (Å²) in [6.07, 6.45) is 6.32. The highest BCUT2D eigenvalue weighted by Gasteiger charge is 2.17. The highest BCUT2D eigenvalue weighted by atomic mass is 16.1. The maximum Gasteiger partial charge on any atom is 0.224 e. The Labute approximate surface area is 197 Å². The van der Waals surface area contributed by atoms with E-state index in [9.17, 15) is 4.79 Å². The van der Waals surface area contributed by atoms with E-state index >= 15 is 0 Å². The molecule has 0 radical (unpaired) electrons. The maximum absolute atomic E-state index is 12.6. The van der Waals surface area contributed by atoms with Crippen LogP contribution in [0.1, 0.15) is 19.3 Å². The monoisotopic (exact) mass is 450 g/mol. The summed E-state index contributed by atoms with van der Waals surface area (Å²) in [6, 6.07) is 18.4. The van der Waals surface area contributed by atoms with E-state index in [-0.39, 0.29) is 5.91 Å². The molecule has 1 fully saturated rings. The van der Waals surface area contributed by atoms with Crippen LogP contribution in [-0.4, -0.2) is 39.2 Å². The molecule has 0 bridgehead atoms. The second-order valence-corrected chi connectivity index (χ2v) is 9.00. The number of anilines is 1. The van der Waals surface area contributed by atoms with Crippen LogP contribution in [0.25, 0.3) is 44.3 Å². The van der Waals surface area contributed by atoms with E-state index in [2.05, 4.69) is 55.1 Å². The first-order valence-corrected chi connectivity index (χ1v) is 11.8. The van der Waals surface area contributed by atoms with Gasteiger partial charge >= 0.3 is 0 Å². The summed E-state index contributed by atoms with van der Waals surface area (Å²) in [7, 11) is 0. The number of carbonyl (C=O) groups excluding carboxylic acids is 1. The van der Waals surface area contributed by atoms with Gasteiger partial charge in [0.25, 0.3) is 0 Å². The first-order chi connectivity index (χ1) is 16.7. The van der Waals surface area contributed by atoms with Gasteiger partial charge in [-0.25, -0.2) is 0 Å². The fraction of sp³-hybridized carbons (Fsp3) is 0.222. The lowest BCUT2D eigenvalue weighted by molar-refractivity contribution is -0.117. The van der Waals surface area contributed by atoms with Crippen LogP contribution in [0, 0.1) is 5.92 Å². The number of carbonyl (C=O) groups is 1. The fourth-order valence-electron chi connectivity index (χ4n) is 4.84. The molecule has 6 rings (SSSR count). The molecular weight excluding hydrogens is 424 g/mol. The van der Waals surface area contributed by atoms with Gasteiger partial charge in [-0.3, -0.25) is 14.9 Å². The Hall–Kier alpha value is -3.97. The average molecular weight is 451 g/mol. The number of pyridine rings is 1. The molecule has 1 aliphatic heterocycles. The molecule has 4 heterocycles. The molecule has 5 aromatic rings. The third kappa shape index (κ3) is 4.06. The van der Waals surface area contributed by atoms with Gasteiger partial charge in [-0.2, -0.15) is 5.10 Å². The third-order valence-corrected chi connectivity index (χ3v) is 6.65. The minimum Gasteiger partial charge on any atom is -0.352 e. The first kappa shape index (κ1) is 20.6. The molecule has 7 heteroatoms. The molecule has 170 valence electrons. The van der Waals surface area contributed by atoms with Crippen LogP contribution < -0.4 is 10.6 Å². The van der Waals surface area contributed by atoms with Crippen molar-refractivity contribution in [2.75, 3.05) is 18.4 Å². The van der Waals surface area contributed by atoms with Gasteiger partial charge in [0.2, 0.25) is 5.91 Å². The predicted octanol–water partition coefficient (Wildman–Crippen LogP) is 5.10. The molecule has 0 aliphatic carbocycles. The molecule has 1 aliphatic rings. The van der Waals surface area contributed by atoms with Gasteiger partial charge in [0, 0.05) is 29.1 Å². The van der Waals surface area contributed by atoms with Crippen LogP contribution in [0.5, 0.6) is 0 Å². The quantitative estimate of drug-likeness (QED) is 0.299. The summed E-state index contributed by atoms with van der Waals surface area (Å²) in [6.45, 7) is 2.00. The summed E-state index contributed by atoms with van der Waals surface area (Å²) in [4.78, 5) is 20.2. The first-order valence-electron chi connectivity index (χ1n) is 11.8. The van der Waals surface area contributed by atoms with Gasteiger partial charge in [0.15, 0.2) is 0 Å².